The van der Waals surface area contributed by atoms with Crippen molar-refractivity contribution in [1.82, 2.24) is 9.88 Å². The number of pyridine rings is 1. The third-order valence-corrected chi connectivity index (χ3v) is 5.26. The zero-order valence-corrected chi connectivity index (χ0v) is 13.5. The van der Waals surface area contributed by atoms with E-state index in [0.29, 0.717) is 10.9 Å². The van der Waals surface area contributed by atoms with E-state index in [1.807, 2.05) is 30.5 Å². The lowest BCUT2D eigenvalue weighted by Gasteiger charge is -2.24. The van der Waals surface area contributed by atoms with Crippen molar-refractivity contribution in [2.75, 3.05) is 12.8 Å². The molecule has 0 N–H and O–H groups in total. The first kappa shape index (κ1) is 15.2. The number of benzene rings is 1. The van der Waals surface area contributed by atoms with Gasteiger partial charge in [0.25, 0.3) is 0 Å². The second-order valence-corrected chi connectivity index (χ2v) is 7.81. The highest BCUT2D eigenvalue weighted by Crippen LogP contribution is 2.31. The molecule has 0 bridgehead atoms. The molecule has 0 amide bonds. The SMILES string of the molecule is CS(=O)(=O)c1ccc(CN2CCC[C@H]2c2ccccn2)cc1. The van der Waals surface area contributed by atoms with Gasteiger partial charge < -0.3 is 0 Å². The molecule has 4 nitrogen and oxygen atoms in total. The van der Waals surface area contributed by atoms with Crippen LogP contribution in [0.3, 0.4) is 0 Å². The molecule has 0 unspecified atom stereocenters. The van der Waals surface area contributed by atoms with E-state index in [0.717, 1.165) is 30.8 Å². The second kappa shape index (κ2) is 6.18. The largest absolute Gasteiger partial charge is 0.291 e. The van der Waals surface area contributed by atoms with E-state index < -0.39 is 9.84 Å². The van der Waals surface area contributed by atoms with Crippen molar-refractivity contribution in [3.63, 3.8) is 0 Å². The molecule has 0 saturated carbocycles. The van der Waals surface area contributed by atoms with E-state index in [-0.39, 0.29) is 0 Å². The number of nitrogens with zero attached hydrogens (tertiary/aromatic N) is 2. The third kappa shape index (κ3) is 3.36. The highest BCUT2D eigenvalue weighted by atomic mass is 32.2. The highest BCUT2D eigenvalue weighted by molar-refractivity contribution is 7.90. The summed E-state index contributed by atoms with van der Waals surface area (Å²) in [5.74, 6) is 0. The molecular weight excluding hydrogens is 296 g/mol. The Hall–Kier alpha value is -1.72. The van der Waals surface area contributed by atoms with E-state index in [9.17, 15) is 8.42 Å². The van der Waals surface area contributed by atoms with Gasteiger partial charge in [-0.3, -0.25) is 9.88 Å². The minimum atomic E-state index is -3.12. The van der Waals surface area contributed by atoms with E-state index >= 15 is 0 Å². The molecule has 22 heavy (non-hydrogen) atoms. The van der Waals surface area contributed by atoms with Gasteiger partial charge in [-0.05, 0) is 49.2 Å². The Labute approximate surface area is 131 Å². The topological polar surface area (TPSA) is 50.3 Å². The summed E-state index contributed by atoms with van der Waals surface area (Å²) in [4.78, 5) is 7.27. The molecule has 1 saturated heterocycles. The first-order valence-electron chi connectivity index (χ1n) is 7.48. The molecule has 1 aliphatic heterocycles. The molecule has 2 aromatic rings. The summed E-state index contributed by atoms with van der Waals surface area (Å²) in [6.07, 6.45) is 5.37. The molecule has 3 rings (SSSR count). The fourth-order valence-electron chi connectivity index (χ4n) is 3.00. The Kier molecular flexibility index (Phi) is 4.27. The number of likely N-dealkylation sites (tertiary alicyclic amines) is 1. The van der Waals surface area contributed by atoms with Crippen molar-refractivity contribution in [2.24, 2.45) is 0 Å². The predicted octanol–water partition coefficient (Wildman–Crippen LogP) is 2.82. The van der Waals surface area contributed by atoms with Gasteiger partial charge in [0.1, 0.15) is 0 Å². The smallest absolute Gasteiger partial charge is 0.175 e. The van der Waals surface area contributed by atoms with E-state index in [4.69, 9.17) is 0 Å². The molecule has 5 heteroatoms. The standard InChI is InChI=1S/C17H20N2O2S/c1-22(20,21)15-9-7-14(8-10-15)13-19-12-4-6-17(19)16-5-2-3-11-18-16/h2-3,5,7-11,17H,4,6,12-13H2,1H3/t17-/m0/s1. The summed E-state index contributed by atoms with van der Waals surface area (Å²) in [7, 11) is -3.12. The van der Waals surface area contributed by atoms with Crippen molar-refractivity contribution in [1.29, 1.82) is 0 Å². The maximum atomic E-state index is 11.5. The third-order valence-electron chi connectivity index (χ3n) is 4.13. The molecule has 1 aromatic heterocycles. The molecule has 0 spiro atoms. The zero-order chi connectivity index (χ0) is 15.6. The summed E-state index contributed by atoms with van der Waals surface area (Å²) >= 11 is 0. The Bertz CT molecular complexity index is 727. The maximum Gasteiger partial charge on any atom is 0.175 e. The van der Waals surface area contributed by atoms with Gasteiger partial charge in [-0.2, -0.15) is 0 Å². The van der Waals surface area contributed by atoms with Crippen LogP contribution in [0, 0.1) is 0 Å². The molecule has 1 aliphatic rings. The van der Waals surface area contributed by atoms with Gasteiger partial charge in [0.2, 0.25) is 0 Å². The molecule has 116 valence electrons. The monoisotopic (exact) mass is 316 g/mol. The summed E-state index contributed by atoms with van der Waals surface area (Å²) < 4.78 is 23.0. The number of hydrogen-bond donors (Lipinski definition) is 0. The fraction of sp³-hybridized carbons (Fsp3) is 0.353. The Balaban J connectivity index is 1.75. The minimum Gasteiger partial charge on any atom is -0.291 e. The van der Waals surface area contributed by atoms with Crippen molar-refractivity contribution >= 4 is 9.84 Å². The van der Waals surface area contributed by atoms with Gasteiger partial charge in [-0.25, -0.2) is 8.42 Å². The van der Waals surface area contributed by atoms with Crippen LogP contribution in [0.1, 0.15) is 30.1 Å². The Morgan fingerprint density at radius 1 is 1.18 bits per heavy atom. The molecule has 1 fully saturated rings. The maximum absolute atomic E-state index is 11.5. The van der Waals surface area contributed by atoms with Crippen LogP contribution in [0.4, 0.5) is 0 Å². The van der Waals surface area contributed by atoms with Gasteiger partial charge >= 0.3 is 0 Å². The van der Waals surface area contributed by atoms with Crippen molar-refractivity contribution < 1.29 is 8.42 Å². The molecule has 0 aliphatic carbocycles. The van der Waals surface area contributed by atoms with Gasteiger partial charge in [0.15, 0.2) is 9.84 Å². The molecule has 1 atom stereocenters. The minimum absolute atomic E-state index is 0.357. The highest BCUT2D eigenvalue weighted by Gasteiger charge is 2.26. The van der Waals surface area contributed by atoms with Crippen molar-refractivity contribution in [3.8, 4) is 0 Å². The summed E-state index contributed by atoms with van der Waals surface area (Å²) in [6.45, 7) is 1.88. The number of aromatic nitrogens is 1. The van der Waals surface area contributed by atoms with Crippen molar-refractivity contribution in [2.45, 2.75) is 30.3 Å². The quantitative estimate of drug-likeness (QED) is 0.870. The van der Waals surface area contributed by atoms with Crippen LogP contribution in [0.2, 0.25) is 0 Å². The average molecular weight is 316 g/mol. The van der Waals surface area contributed by atoms with Crippen LogP contribution >= 0.6 is 0 Å². The molecule has 2 heterocycles. The normalized spacial score (nSPS) is 19.4. The van der Waals surface area contributed by atoms with Crippen LogP contribution < -0.4 is 0 Å². The van der Waals surface area contributed by atoms with Crippen LogP contribution in [0.5, 0.6) is 0 Å². The average Bonchev–Trinajstić information content (AvgIpc) is 2.96. The first-order chi connectivity index (χ1) is 10.5. The Morgan fingerprint density at radius 3 is 2.59 bits per heavy atom. The summed E-state index contributed by atoms with van der Waals surface area (Å²) in [5.41, 5.74) is 2.25. The molecular formula is C17H20N2O2S. The van der Waals surface area contributed by atoms with Crippen LogP contribution in [0.15, 0.2) is 53.6 Å². The van der Waals surface area contributed by atoms with Gasteiger partial charge in [-0.1, -0.05) is 18.2 Å². The zero-order valence-electron chi connectivity index (χ0n) is 12.6. The Morgan fingerprint density at radius 2 is 1.95 bits per heavy atom. The molecule has 0 radical (unpaired) electrons. The van der Waals surface area contributed by atoms with Crippen molar-refractivity contribution in [3.05, 3.63) is 59.9 Å². The second-order valence-electron chi connectivity index (χ2n) is 5.80. The lowest BCUT2D eigenvalue weighted by molar-refractivity contribution is 0.244. The first-order valence-corrected chi connectivity index (χ1v) is 9.37. The van der Waals surface area contributed by atoms with Gasteiger partial charge in [0, 0.05) is 19.0 Å². The van der Waals surface area contributed by atoms with Crippen LogP contribution in [0.25, 0.3) is 0 Å². The van der Waals surface area contributed by atoms with Gasteiger partial charge in [-0.15, -0.1) is 0 Å². The lowest BCUT2D eigenvalue weighted by Crippen LogP contribution is -2.23. The van der Waals surface area contributed by atoms with E-state index in [1.165, 1.54) is 12.7 Å². The number of sulfone groups is 1. The van der Waals surface area contributed by atoms with E-state index in [2.05, 4.69) is 16.0 Å². The fourth-order valence-corrected chi connectivity index (χ4v) is 3.63. The predicted molar refractivity (Wildman–Crippen MR) is 86.2 cm³/mol. The van der Waals surface area contributed by atoms with E-state index in [1.54, 1.807) is 12.1 Å². The lowest BCUT2D eigenvalue weighted by atomic mass is 10.1. The van der Waals surface area contributed by atoms with Crippen LogP contribution in [-0.2, 0) is 16.4 Å². The number of rotatable bonds is 4. The van der Waals surface area contributed by atoms with Crippen LogP contribution in [-0.4, -0.2) is 31.1 Å². The number of hydrogen-bond acceptors (Lipinski definition) is 4. The summed E-state index contributed by atoms with van der Waals surface area (Å²) in [6, 6.07) is 13.6. The molecule has 1 aromatic carbocycles. The van der Waals surface area contributed by atoms with Gasteiger partial charge in [0.05, 0.1) is 16.6 Å². The summed E-state index contributed by atoms with van der Waals surface area (Å²) in [5, 5.41) is 0.